The lowest BCUT2D eigenvalue weighted by Gasteiger charge is -2.27. The number of carboxylic acid groups (broad SMARTS) is 1. The number of nitrogens with one attached hydrogen (secondary N) is 1. The number of anilines is 1. The molecule has 1 rings (SSSR count). The first-order valence-electron chi connectivity index (χ1n) is 6.27. The number of hydrogen-bond donors (Lipinski definition) is 2. The average molecular weight is 275 g/mol. The summed E-state index contributed by atoms with van der Waals surface area (Å²) in [6.07, 6.45) is 0.652. The fourth-order valence-electron chi connectivity index (χ4n) is 1.66. The van der Waals surface area contributed by atoms with Gasteiger partial charge in [-0.1, -0.05) is 13.0 Å². The maximum atomic E-state index is 12.1. The SMILES string of the molecule is CCC(C)N(CC(=O)O)C(=O)Nc1cccc(C#N)c1. The molecule has 6 nitrogen and oxygen atoms in total. The van der Waals surface area contributed by atoms with Crippen molar-refractivity contribution in [1.82, 2.24) is 4.90 Å². The van der Waals surface area contributed by atoms with Gasteiger partial charge in [0.05, 0.1) is 11.6 Å². The minimum absolute atomic E-state index is 0.190. The van der Waals surface area contributed by atoms with Gasteiger partial charge in [0.2, 0.25) is 0 Å². The van der Waals surface area contributed by atoms with E-state index in [1.54, 1.807) is 25.1 Å². The standard InChI is InChI=1S/C14H17N3O3/c1-3-10(2)17(9-13(18)19)14(20)16-12-6-4-5-11(7-12)8-15/h4-7,10H,3,9H2,1-2H3,(H,16,20)(H,18,19). The number of carbonyl (C=O) groups is 2. The predicted octanol–water partition coefficient (Wildman–Crippen LogP) is 2.28. The van der Waals surface area contributed by atoms with Crippen molar-refractivity contribution >= 4 is 17.7 Å². The predicted molar refractivity (Wildman–Crippen MR) is 74.3 cm³/mol. The van der Waals surface area contributed by atoms with Crippen LogP contribution in [0, 0.1) is 11.3 Å². The molecule has 0 spiro atoms. The van der Waals surface area contributed by atoms with Crippen LogP contribution >= 0.6 is 0 Å². The largest absolute Gasteiger partial charge is 0.480 e. The maximum absolute atomic E-state index is 12.1. The van der Waals surface area contributed by atoms with Gasteiger partial charge in [-0.2, -0.15) is 5.26 Å². The Bertz CT molecular complexity index is 537. The third-order valence-corrected chi connectivity index (χ3v) is 2.93. The van der Waals surface area contributed by atoms with E-state index in [1.807, 2.05) is 13.0 Å². The third kappa shape index (κ3) is 4.28. The quantitative estimate of drug-likeness (QED) is 0.862. The summed E-state index contributed by atoms with van der Waals surface area (Å²) in [5.41, 5.74) is 0.892. The summed E-state index contributed by atoms with van der Waals surface area (Å²) in [6, 6.07) is 7.76. The normalized spacial score (nSPS) is 11.2. The Kier molecular flexibility index (Phi) is 5.54. The topological polar surface area (TPSA) is 93.4 Å². The monoisotopic (exact) mass is 275 g/mol. The summed E-state index contributed by atoms with van der Waals surface area (Å²) in [4.78, 5) is 24.2. The second kappa shape index (κ2) is 7.14. The minimum Gasteiger partial charge on any atom is -0.480 e. The molecule has 0 aliphatic carbocycles. The molecule has 20 heavy (non-hydrogen) atoms. The summed E-state index contributed by atoms with van der Waals surface area (Å²) in [7, 11) is 0. The first-order chi connectivity index (χ1) is 9.47. The molecule has 0 saturated heterocycles. The molecule has 0 heterocycles. The molecule has 2 N–H and O–H groups in total. The molecular formula is C14H17N3O3. The summed E-state index contributed by atoms with van der Waals surface area (Å²) in [6.45, 7) is 3.30. The molecule has 0 aliphatic heterocycles. The Hall–Kier alpha value is -2.55. The van der Waals surface area contributed by atoms with Crippen molar-refractivity contribution in [3.05, 3.63) is 29.8 Å². The van der Waals surface area contributed by atoms with Gasteiger partial charge >= 0.3 is 12.0 Å². The Labute approximate surface area is 117 Å². The van der Waals surface area contributed by atoms with Crippen molar-refractivity contribution in [3.8, 4) is 6.07 Å². The molecule has 0 bridgehead atoms. The molecule has 106 valence electrons. The number of aliphatic carboxylic acids is 1. The van der Waals surface area contributed by atoms with Crippen molar-refractivity contribution in [3.63, 3.8) is 0 Å². The third-order valence-electron chi connectivity index (χ3n) is 2.93. The van der Waals surface area contributed by atoms with Crippen molar-refractivity contribution in [1.29, 1.82) is 5.26 Å². The fraction of sp³-hybridized carbons (Fsp3) is 0.357. The molecule has 1 aromatic carbocycles. The molecule has 0 aliphatic rings. The van der Waals surface area contributed by atoms with Gasteiger partial charge in [0, 0.05) is 11.7 Å². The van der Waals surface area contributed by atoms with Gasteiger partial charge < -0.3 is 15.3 Å². The number of amides is 2. The van der Waals surface area contributed by atoms with E-state index in [2.05, 4.69) is 5.32 Å². The number of carboxylic acids is 1. The van der Waals surface area contributed by atoms with Gasteiger partial charge in [-0.15, -0.1) is 0 Å². The van der Waals surface area contributed by atoms with Gasteiger partial charge in [0.15, 0.2) is 0 Å². The van der Waals surface area contributed by atoms with Crippen molar-refractivity contribution < 1.29 is 14.7 Å². The first kappa shape index (κ1) is 15.5. The Morgan fingerprint density at radius 2 is 2.20 bits per heavy atom. The lowest BCUT2D eigenvalue weighted by Crippen LogP contribution is -2.44. The van der Waals surface area contributed by atoms with Gasteiger partial charge in [-0.05, 0) is 31.5 Å². The van der Waals surface area contributed by atoms with Gasteiger partial charge in [0.1, 0.15) is 6.54 Å². The second-order valence-electron chi connectivity index (χ2n) is 4.40. The van der Waals surface area contributed by atoms with E-state index in [4.69, 9.17) is 10.4 Å². The first-order valence-corrected chi connectivity index (χ1v) is 6.27. The summed E-state index contributed by atoms with van der Waals surface area (Å²) >= 11 is 0. The second-order valence-corrected chi connectivity index (χ2v) is 4.40. The molecule has 2 amide bonds. The number of urea groups is 1. The van der Waals surface area contributed by atoms with Gasteiger partial charge in [0.25, 0.3) is 0 Å². The van der Waals surface area contributed by atoms with Crippen LogP contribution in [-0.2, 0) is 4.79 Å². The van der Waals surface area contributed by atoms with E-state index < -0.39 is 12.0 Å². The highest BCUT2D eigenvalue weighted by molar-refractivity contribution is 5.91. The van der Waals surface area contributed by atoms with Crippen molar-refractivity contribution in [2.24, 2.45) is 0 Å². The van der Waals surface area contributed by atoms with Crippen LogP contribution in [-0.4, -0.2) is 34.6 Å². The Balaban J connectivity index is 2.84. The molecule has 0 saturated carbocycles. The van der Waals surface area contributed by atoms with Crippen LogP contribution in [0.4, 0.5) is 10.5 Å². The molecule has 1 unspecified atom stereocenters. The zero-order valence-electron chi connectivity index (χ0n) is 11.5. The van der Waals surface area contributed by atoms with E-state index in [1.165, 1.54) is 11.0 Å². The van der Waals surface area contributed by atoms with E-state index >= 15 is 0 Å². The van der Waals surface area contributed by atoms with E-state index in [9.17, 15) is 9.59 Å². The highest BCUT2D eigenvalue weighted by Gasteiger charge is 2.21. The van der Waals surface area contributed by atoms with Crippen LogP contribution in [0.1, 0.15) is 25.8 Å². The lowest BCUT2D eigenvalue weighted by molar-refractivity contribution is -0.138. The summed E-state index contributed by atoms with van der Waals surface area (Å²) in [5, 5.41) is 20.3. The maximum Gasteiger partial charge on any atom is 0.323 e. The number of nitrogens with zero attached hydrogens (tertiary/aromatic N) is 2. The van der Waals surface area contributed by atoms with E-state index in [-0.39, 0.29) is 12.6 Å². The fourth-order valence-corrected chi connectivity index (χ4v) is 1.66. The molecule has 1 aromatic rings. The van der Waals surface area contributed by atoms with Crippen molar-refractivity contribution in [2.75, 3.05) is 11.9 Å². The number of nitriles is 1. The molecular weight excluding hydrogens is 258 g/mol. The molecule has 0 aromatic heterocycles. The number of rotatable bonds is 5. The number of benzene rings is 1. The number of hydrogen-bond acceptors (Lipinski definition) is 3. The van der Waals surface area contributed by atoms with Crippen molar-refractivity contribution in [2.45, 2.75) is 26.3 Å². The van der Waals surface area contributed by atoms with E-state index in [0.29, 0.717) is 17.7 Å². The molecule has 1 atom stereocenters. The van der Waals surface area contributed by atoms with Gasteiger partial charge in [-0.25, -0.2) is 4.79 Å². The lowest BCUT2D eigenvalue weighted by atomic mass is 10.2. The highest BCUT2D eigenvalue weighted by atomic mass is 16.4. The summed E-state index contributed by atoms with van der Waals surface area (Å²) < 4.78 is 0. The van der Waals surface area contributed by atoms with Crippen LogP contribution in [0.3, 0.4) is 0 Å². The van der Waals surface area contributed by atoms with Crippen LogP contribution in [0.15, 0.2) is 24.3 Å². The van der Waals surface area contributed by atoms with Gasteiger partial charge in [-0.3, -0.25) is 4.79 Å². The Morgan fingerprint density at radius 1 is 1.50 bits per heavy atom. The Morgan fingerprint density at radius 3 is 2.75 bits per heavy atom. The summed E-state index contributed by atoms with van der Waals surface area (Å²) in [5.74, 6) is -1.06. The smallest absolute Gasteiger partial charge is 0.323 e. The highest BCUT2D eigenvalue weighted by Crippen LogP contribution is 2.12. The molecule has 6 heteroatoms. The van der Waals surface area contributed by atoms with E-state index in [0.717, 1.165) is 0 Å². The molecule has 0 fully saturated rings. The van der Waals surface area contributed by atoms with Crippen LogP contribution in [0.5, 0.6) is 0 Å². The number of carbonyl (C=O) groups excluding carboxylic acids is 1. The minimum atomic E-state index is -1.06. The zero-order valence-corrected chi connectivity index (χ0v) is 11.5. The zero-order chi connectivity index (χ0) is 15.1. The van der Waals surface area contributed by atoms with Crippen LogP contribution in [0.2, 0.25) is 0 Å². The molecule has 0 radical (unpaired) electrons. The van der Waals surface area contributed by atoms with Crippen LogP contribution < -0.4 is 5.32 Å². The van der Waals surface area contributed by atoms with Crippen LogP contribution in [0.25, 0.3) is 0 Å². The average Bonchev–Trinajstić information content (AvgIpc) is 2.43.